The van der Waals surface area contributed by atoms with Gasteiger partial charge in [-0.05, 0) is 12.1 Å². The zero-order chi connectivity index (χ0) is 15.6. The van der Waals surface area contributed by atoms with E-state index in [1.54, 1.807) is 7.11 Å². The summed E-state index contributed by atoms with van der Waals surface area (Å²) in [4.78, 5) is 17.1. The highest BCUT2D eigenvalue weighted by atomic mass is 35.5. The maximum Gasteiger partial charge on any atom is 0.253 e. The molecule has 0 N–H and O–H groups in total. The number of methoxy groups -OCH3 is 1. The second kappa shape index (κ2) is 6.30. The number of thiazole rings is 1. The predicted octanol–water partition coefficient (Wildman–Crippen LogP) is 3.48. The molecule has 0 aliphatic rings. The Balaban J connectivity index is 2.65. The lowest BCUT2D eigenvalue weighted by Crippen LogP contribution is -2.24. The maximum atomic E-state index is 12.2. The number of benzene rings is 1. The summed E-state index contributed by atoms with van der Waals surface area (Å²) in [5.74, 6) is -0.142. The summed E-state index contributed by atoms with van der Waals surface area (Å²) in [7, 11) is 1.65. The number of fused-ring (bicyclic) bond motifs is 1. The second-order valence-corrected chi connectivity index (χ2v) is 7.20. The van der Waals surface area contributed by atoms with Gasteiger partial charge in [0.25, 0.3) is 5.91 Å². The fourth-order valence-corrected chi connectivity index (χ4v) is 3.23. The molecule has 0 spiro atoms. The van der Waals surface area contributed by atoms with Crippen LogP contribution in [-0.2, 0) is 16.1 Å². The SMILES string of the molecule is COCCn1c(=NC(=O)C(C)(C)C)sc2cccc(Cl)c21. The van der Waals surface area contributed by atoms with Crippen molar-refractivity contribution in [3.8, 4) is 0 Å². The molecular formula is C15H19ClN2O2S. The van der Waals surface area contributed by atoms with Gasteiger partial charge in [0.1, 0.15) is 0 Å². The third-order valence-corrected chi connectivity index (χ3v) is 4.36. The van der Waals surface area contributed by atoms with Crippen LogP contribution in [0.3, 0.4) is 0 Å². The third kappa shape index (κ3) is 3.54. The van der Waals surface area contributed by atoms with Crippen LogP contribution >= 0.6 is 22.9 Å². The Labute approximate surface area is 133 Å². The first-order chi connectivity index (χ1) is 9.84. The predicted molar refractivity (Wildman–Crippen MR) is 86.7 cm³/mol. The Morgan fingerprint density at radius 3 is 2.76 bits per heavy atom. The first-order valence-electron chi connectivity index (χ1n) is 6.70. The van der Waals surface area contributed by atoms with E-state index < -0.39 is 5.41 Å². The van der Waals surface area contributed by atoms with Gasteiger partial charge < -0.3 is 9.30 Å². The second-order valence-electron chi connectivity index (χ2n) is 5.78. The summed E-state index contributed by atoms with van der Waals surface area (Å²) in [6.07, 6.45) is 0. The van der Waals surface area contributed by atoms with Gasteiger partial charge in [-0.2, -0.15) is 4.99 Å². The highest BCUT2D eigenvalue weighted by molar-refractivity contribution is 7.16. The van der Waals surface area contributed by atoms with E-state index in [1.165, 1.54) is 11.3 Å². The van der Waals surface area contributed by atoms with E-state index in [2.05, 4.69) is 4.99 Å². The lowest BCUT2D eigenvalue weighted by Gasteiger charge is -2.12. The lowest BCUT2D eigenvalue weighted by atomic mass is 9.96. The zero-order valence-electron chi connectivity index (χ0n) is 12.6. The van der Waals surface area contributed by atoms with Crippen molar-refractivity contribution in [2.75, 3.05) is 13.7 Å². The van der Waals surface area contributed by atoms with E-state index in [0.717, 1.165) is 10.2 Å². The molecule has 4 nitrogen and oxygen atoms in total. The van der Waals surface area contributed by atoms with Crippen molar-refractivity contribution < 1.29 is 9.53 Å². The van der Waals surface area contributed by atoms with E-state index >= 15 is 0 Å². The molecule has 0 saturated heterocycles. The molecule has 0 bridgehead atoms. The van der Waals surface area contributed by atoms with Gasteiger partial charge in [-0.3, -0.25) is 4.79 Å². The van der Waals surface area contributed by atoms with E-state index in [1.807, 2.05) is 43.5 Å². The van der Waals surface area contributed by atoms with E-state index in [9.17, 15) is 4.79 Å². The minimum Gasteiger partial charge on any atom is -0.383 e. The van der Waals surface area contributed by atoms with Crippen molar-refractivity contribution in [1.82, 2.24) is 4.57 Å². The molecule has 0 fully saturated rings. The molecule has 0 radical (unpaired) electrons. The topological polar surface area (TPSA) is 43.6 Å². The van der Waals surface area contributed by atoms with Gasteiger partial charge in [-0.25, -0.2) is 0 Å². The Morgan fingerprint density at radius 2 is 2.14 bits per heavy atom. The minimum absolute atomic E-state index is 0.142. The average molecular weight is 327 g/mol. The number of amides is 1. The fraction of sp³-hybridized carbons (Fsp3) is 0.467. The highest BCUT2D eigenvalue weighted by Crippen LogP contribution is 2.25. The molecule has 1 amide bonds. The average Bonchev–Trinajstić information content (AvgIpc) is 2.74. The summed E-state index contributed by atoms with van der Waals surface area (Å²) in [5, 5.41) is 0.657. The summed E-state index contributed by atoms with van der Waals surface area (Å²) in [5.41, 5.74) is 0.403. The van der Waals surface area contributed by atoms with Crippen molar-refractivity contribution in [2.24, 2.45) is 10.4 Å². The van der Waals surface area contributed by atoms with Gasteiger partial charge in [0.15, 0.2) is 4.80 Å². The van der Waals surface area contributed by atoms with Crippen LogP contribution in [0, 0.1) is 5.41 Å². The van der Waals surface area contributed by atoms with Crippen LogP contribution < -0.4 is 4.80 Å². The number of rotatable bonds is 3. The minimum atomic E-state index is -0.501. The largest absolute Gasteiger partial charge is 0.383 e. The van der Waals surface area contributed by atoms with Crippen LogP contribution in [0.5, 0.6) is 0 Å². The number of halogens is 1. The van der Waals surface area contributed by atoms with Gasteiger partial charge in [-0.15, -0.1) is 0 Å². The van der Waals surface area contributed by atoms with Crippen molar-refractivity contribution in [2.45, 2.75) is 27.3 Å². The fourth-order valence-electron chi connectivity index (χ4n) is 1.82. The molecule has 0 saturated carbocycles. The first-order valence-corrected chi connectivity index (χ1v) is 7.90. The molecule has 0 aliphatic heterocycles. The third-order valence-electron chi connectivity index (χ3n) is 3.01. The number of carbonyl (C=O) groups is 1. The smallest absolute Gasteiger partial charge is 0.253 e. The summed E-state index contributed by atoms with van der Waals surface area (Å²) >= 11 is 7.77. The molecule has 6 heteroatoms. The standard InChI is InChI=1S/C15H19ClN2O2S/c1-15(2,3)13(19)17-14-18(8-9-20-4)12-10(16)6-5-7-11(12)21-14/h5-7H,8-9H2,1-4H3. The van der Waals surface area contributed by atoms with Crippen LogP contribution in [0.2, 0.25) is 5.02 Å². The van der Waals surface area contributed by atoms with Crippen LogP contribution in [0.4, 0.5) is 0 Å². The molecule has 114 valence electrons. The Bertz CT molecular complexity index is 725. The molecule has 0 atom stereocenters. The first kappa shape index (κ1) is 16.2. The van der Waals surface area contributed by atoms with Crippen LogP contribution in [0.1, 0.15) is 20.8 Å². The molecule has 1 aromatic heterocycles. The van der Waals surface area contributed by atoms with Crippen molar-refractivity contribution >= 4 is 39.1 Å². The number of para-hydroxylation sites is 1. The molecule has 1 aromatic carbocycles. The Morgan fingerprint density at radius 1 is 1.43 bits per heavy atom. The van der Waals surface area contributed by atoms with Gasteiger partial charge in [0, 0.05) is 19.1 Å². The van der Waals surface area contributed by atoms with Crippen molar-refractivity contribution in [1.29, 1.82) is 0 Å². The van der Waals surface area contributed by atoms with Gasteiger partial charge in [-0.1, -0.05) is 49.8 Å². The van der Waals surface area contributed by atoms with E-state index in [0.29, 0.717) is 23.0 Å². The van der Waals surface area contributed by atoms with Crippen LogP contribution in [0.15, 0.2) is 23.2 Å². The normalized spacial score (nSPS) is 13.1. The Hall–Kier alpha value is -1.17. The molecule has 0 unspecified atom stereocenters. The number of carbonyl (C=O) groups excluding carboxylic acids is 1. The molecule has 2 rings (SSSR count). The zero-order valence-corrected chi connectivity index (χ0v) is 14.2. The summed E-state index contributed by atoms with van der Waals surface area (Å²) < 4.78 is 8.11. The lowest BCUT2D eigenvalue weighted by molar-refractivity contribution is -0.125. The Kier molecular flexibility index (Phi) is 4.86. The van der Waals surface area contributed by atoms with Gasteiger partial charge >= 0.3 is 0 Å². The number of ether oxygens (including phenoxy) is 1. The number of nitrogens with zero attached hydrogens (tertiary/aromatic N) is 2. The van der Waals surface area contributed by atoms with Crippen molar-refractivity contribution in [3.63, 3.8) is 0 Å². The monoisotopic (exact) mass is 326 g/mol. The highest BCUT2D eigenvalue weighted by Gasteiger charge is 2.21. The van der Waals surface area contributed by atoms with Crippen LogP contribution in [-0.4, -0.2) is 24.2 Å². The molecule has 0 aliphatic carbocycles. The van der Waals surface area contributed by atoms with Gasteiger partial charge in [0.2, 0.25) is 0 Å². The van der Waals surface area contributed by atoms with Gasteiger partial charge in [0.05, 0.1) is 21.8 Å². The molecule has 2 aromatic rings. The molecule has 21 heavy (non-hydrogen) atoms. The summed E-state index contributed by atoms with van der Waals surface area (Å²) in [6.45, 7) is 6.72. The molecular weight excluding hydrogens is 308 g/mol. The summed E-state index contributed by atoms with van der Waals surface area (Å²) in [6, 6.07) is 5.72. The number of hydrogen-bond acceptors (Lipinski definition) is 3. The maximum absolute atomic E-state index is 12.2. The van der Waals surface area contributed by atoms with E-state index in [4.69, 9.17) is 16.3 Å². The van der Waals surface area contributed by atoms with Crippen molar-refractivity contribution in [3.05, 3.63) is 28.0 Å². The van der Waals surface area contributed by atoms with E-state index in [-0.39, 0.29) is 5.91 Å². The number of aromatic nitrogens is 1. The van der Waals surface area contributed by atoms with Crippen LogP contribution in [0.25, 0.3) is 10.2 Å². The number of hydrogen-bond donors (Lipinski definition) is 0. The molecule has 1 heterocycles. The quantitative estimate of drug-likeness (QED) is 0.866.